The predicted molar refractivity (Wildman–Crippen MR) is 107 cm³/mol. The highest BCUT2D eigenvalue weighted by Gasteiger charge is 2.26. The number of piperidine rings is 1. The van der Waals surface area contributed by atoms with Gasteiger partial charge in [-0.05, 0) is 44.5 Å². The van der Waals surface area contributed by atoms with Crippen LogP contribution in [0.1, 0.15) is 29.1 Å². The van der Waals surface area contributed by atoms with Gasteiger partial charge in [0.05, 0.1) is 10.0 Å². The SMILES string of the molecule is CNCC1CCCN(C(=O)c2cc(COc3c(Cl)cccc3Cl)on2)C1.Cl. The highest BCUT2D eigenvalue weighted by molar-refractivity contribution is 6.37. The monoisotopic (exact) mass is 433 g/mol. The van der Waals surface area contributed by atoms with Crippen molar-refractivity contribution in [3.63, 3.8) is 0 Å². The molecule has 1 atom stereocenters. The van der Waals surface area contributed by atoms with Crippen LogP contribution in [-0.2, 0) is 6.61 Å². The molecule has 1 fully saturated rings. The molecule has 0 aliphatic carbocycles. The number of nitrogens with one attached hydrogen (secondary N) is 1. The van der Waals surface area contributed by atoms with E-state index in [1.54, 1.807) is 24.3 Å². The maximum absolute atomic E-state index is 12.6. The van der Waals surface area contributed by atoms with Crippen molar-refractivity contribution in [2.24, 2.45) is 5.92 Å². The molecule has 1 amide bonds. The van der Waals surface area contributed by atoms with Crippen LogP contribution in [0.25, 0.3) is 0 Å². The molecule has 6 nitrogen and oxygen atoms in total. The predicted octanol–water partition coefficient (Wildman–Crippen LogP) is 4.05. The Kier molecular flexibility index (Phi) is 8.23. The normalized spacial score (nSPS) is 16.7. The number of rotatable bonds is 6. The van der Waals surface area contributed by atoms with Gasteiger partial charge in [0.2, 0.25) is 0 Å². The van der Waals surface area contributed by atoms with Crippen LogP contribution < -0.4 is 10.1 Å². The zero-order chi connectivity index (χ0) is 18.5. The van der Waals surface area contributed by atoms with Crippen molar-refractivity contribution in [2.75, 3.05) is 26.7 Å². The lowest BCUT2D eigenvalue weighted by atomic mass is 9.98. The van der Waals surface area contributed by atoms with Crippen molar-refractivity contribution in [2.45, 2.75) is 19.4 Å². The molecule has 1 unspecified atom stereocenters. The molecule has 1 aliphatic rings. The Labute approximate surface area is 174 Å². The van der Waals surface area contributed by atoms with Gasteiger partial charge in [-0.2, -0.15) is 0 Å². The van der Waals surface area contributed by atoms with Crippen LogP contribution in [0.3, 0.4) is 0 Å². The number of halogens is 3. The molecule has 3 rings (SSSR count). The average molecular weight is 435 g/mol. The third-order valence-corrected chi connectivity index (χ3v) is 4.95. The van der Waals surface area contributed by atoms with E-state index in [-0.39, 0.29) is 24.9 Å². The van der Waals surface area contributed by atoms with Crippen molar-refractivity contribution < 1.29 is 14.1 Å². The van der Waals surface area contributed by atoms with E-state index in [2.05, 4.69) is 10.5 Å². The molecule has 1 N–H and O–H groups in total. The molecular weight excluding hydrogens is 413 g/mol. The molecule has 1 aliphatic heterocycles. The Morgan fingerprint density at radius 3 is 2.85 bits per heavy atom. The van der Waals surface area contributed by atoms with Gasteiger partial charge in [0, 0.05) is 19.2 Å². The number of carbonyl (C=O) groups excluding carboxylic acids is 1. The van der Waals surface area contributed by atoms with Crippen LogP contribution in [-0.4, -0.2) is 42.6 Å². The molecule has 1 aromatic carbocycles. The van der Waals surface area contributed by atoms with Crippen molar-refractivity contribution in [1.29, 1.82) is 0 Å². The van der Waals surface area contributed by atoms with Crippen molar-refractivity contribution in [1.82, 2.24) is 15.4 Å². The topological polar surface area (TPSA) is 67.6 Å². The van der Waals surface area contributed by atoms with Gasteiger partial charge < -0.3 is 19.5 Å². The quantitative estimate of drug-likeness (QED) is 0.743. The maximum atomic E-state index is 12.6. The summed E-state index contributed by atoms with van der Waals surface area (Å²) in [6.45, 7) is 2.47. The van der Waals surface area contributed by atoms with Gasteiger partial charge in [-0.3, -0.25) is 4.79 Å². The van der Waals surface area contributed by atoms with E-state index >= 15 is 0 Å². The first-order valence-electron chi connectivity index (χ1n) is 8.54. The average Bonchev–Trinajstić information content (AvgIpc) is 3.10. The van der Waals surface area contributed by atoms with Gasteiger partial charge in [-0.25, -0.2) is 0 Å². The number of hydrogen-bond acceptors (Lipinski definition) is 5. The molecule has 0 saturated carbocycles. The zero-order valence-electron chi connectivity index (χ0n) is 14.9. The van der Waals surface area contributed by atoms with E-state index < -0.39 is 0 Å². The summed E-state index contributed by atoms with van der Waals surface area (Å²) in [6.07, 6.45) is 2.12. The van der Waals surface area contributed by atoms with E-state index in [9.17, 15) is 4.79 Å². The smallest absolute Gasteiger partial charge is 0.276 e. The van der Waals surface area contributed by atoms with Crippen molar-refractivity contribution in [3.05, 3.63) is 45.8 Å². The lowest BCUT2D eigenvalue weighted by Gasteiger charge is -2.32. The molecule has 27 heavy (non-hydrogen) atoms. The van der Waals surface area contributed by atoms with Gasteiger partial charge in [-0.1, -0.05) is 34.4 Å². The van der Waals surface area contributed by atoms with Crippen LogP contribution in [0, 0.1) is 5.92 Å². The Morgan fingerprint density at radius 2 is 2.15 bits per heavy atom. The van der Waals surface area contributed by atoms with Crippen molar-refractivity contribution in [3.8, 4) is 5.75 Å². The molecule has 0 spiro atoms. The summed E-state index contributed by atoms with van der Waals surface area (Å²) in [5.41, 5.74) is 0.291. The summed E-state index contributed by atoms with van der Waals surface area (Å²) in [7, 11) is 1.93. The fourth-order valence-electron chi connectivity index (χ4n) is 3.11. The Morgan fingerprint density at radius 1 is 1.41 bits per heavy atom. The van der Waals surface area contributed by atoms with Crippen LogP contribution >= 0.6 is 35.6 Å². The summed E-state index contributed by atoms with van der Waals surface area (Å²) in [6, 6.07) is 6.73. The summed E-state index contributed by atoms with van der Waals surface area (Å²) in [5, 5.41) is 7.89. The first-order valence-corrected chi connectivity index (χ1v) is 9.30. The number of ether oxygens (including phenoxy) is 1. The van der Waals surface area contributed by atoms with Gasteiger partial charge in [0.25, 0.3) is 5.91 Å². The molecule has 2 heterocycles. The lowest BCUT2D eigenvalue weighted by Crippen LogP contribution is -2.42. The van der Waals surface area contributed by atoms with Gasteiger partial charge >= 0.3 is 0 Å². The van der Waals surface area contributed by atoms with Gasteiger partial charge in [0.1, 0.15) is 6.61 Å². The third kappa shape index (κ3) is 5.51. The summed E-state index contributed by atoms with van der Waals surface area (Å²) >= 11 is 12.1. The third-order valence-electron chi connectivity index (χ3n) is 4.35. The van der Waals surface area contributed by atoms with E-state index in [1.165, 1.54) is 0 Å². The maximum Gasteiger partial charge on any atom is 0.276 e. The van der Waals surface area contributed by atoms with Crippen molar-refractivity contribution >= 4 is 41.5 Å². The van der Waals surface area contributed by atoms with E-state index in [0.717, 1.165) is 32.5 Å². The second kappa shape index (κ2) is 10.2. The Balaban J connectivity index is 0.00000261. The Bertz CT molecular complexity index is 747. The largest absolute Gasteiger partial charge is 0.482 e. The second-order valence-corrected chi connectivity index (χ2v) is 7.15. The van der Waals surface area contributed by atoms with Crippen LogP contribution in [0.5, 0.6) is 5.75 Å². The standard InChI is InChI=1S/C18H21Cl2N3O3.ClH/c1-21-9-12-4-3-7-23(10-12)18(24)16-8-13(26-22-16)11-25-17-14(19)5-2-6-15(17)20;/h2,5-6,8,12,21H,3-4,7,9-11H2,1H3;1H. The first-order chi connectivity index (χ1) is 12.6. The number of nitrogens with zero attached hydrogens (tertiary/aromatic N) is 2. The number of hydrogen-bond donors (Lipinski definition) is 1. The van der Waals surface area contributed by atoms with Gasteiger partial charge in [-0.15, -0.1) is 12.4 Å². The molecule has 1 saturated heterocycles. The van der Waals surface area contributed by atoms with E-state index in [4.69, 9.17) is 32.5 Å². The summed E-state index contributed by atoms with van der Waals surface area (Å²) in [4.78, 5) is 14.5. The number of carbonyl (C=O) groups is 1. The number of amides is 1. The molecule has 9 heteroatoms. The van der Waals surface area contributed by atoms with Gasteiger partial charge in [0.15, 0.2) is 17.2 Å². The fraction of sp³-hybridized carbons (Fsp3) is 0.444. The minimum atomic E-state index is -0.114. The molecule has 0 bridgehead atoms. The molecule has 148 valence electrons. The number of likely N-dealkylation sites (tertiary alicyclic amines) is 1. The minimum Gasteiger partial charge on any atom is -0.482 e. The molecule has 1 aromatic heterocycles. The van der Waals surface area contributed by atoms with Crippen LogP contribution in [0.4, 0.5) is 0 Å². The van der Waals surface area contributed by atoms with Crippen LogP contribution in [0.15, 0.2) is 28.8 Å². The fourth-order valence-corrected chi connectivity index (χ4v) is 3.62. The summed E-state index contributed by atoms with van der Waals surface area (Å²) in [5.74, 6) is 1.17. The lowest BCUT2D eigenvalue weighted by molar-refractivity contribution is 0.0663. The highest BCUT2D eigenvalue weighted by Crippen LogP contribution is 2.33. The minimum absolute atomic E-state index is 0. The Hall–Kier alpha value is -1.47. The number of aromatic nitrogens is 1. The second-order valence-electron chi connectivity index (χ2n) is 6.34. The molecular formula is C18H22Cl3N3O3. The summed E-state index contributed by atoms with van der Waals surface area (Å²) < 4.78 is 10.8. The zero-order valence-corrected chi connectivity index (χ0v) is 17.2. The number of para-hydroxylation sites is 1. The molecule has 2 aromatic rings. The molecule has 0 radical (unpaired) electrons. The first kappa shape index (κ1) is 21.8. The van der Waals surface area contributed by atoms with Crippen LogP contribution in [0.2, 0.25) is 10.0 Å². The van der Waals surface area contributed by atoms with E-state index in [1.807, 2.05) is 11.9 Å². The number of benzene rings is 1. The highest BCUT2D eigenvalue weighted by atomic mass is 35.5. The van der Waals surface area contributed by atoms with E-state index in [0.29, 0.717) is 33.2 Å².